The van der Waals surface area contributed by atoms with Gasteiger partial charge in [0, 0.05) is 12.5 Å². The topological polar surface area (TPSA) is 67.4 Å². The van der Waals surface area contributed by atoms with Crippen LogP contribution in [0.4, 0.5) is 5.69 Å². The highest BCUT2D eigenvalue weighted by Crippen LogP contribution is 2.30. The first-order valence-electron chi connectivity index (χ1n) is 7.51. The quantitative estimate of drug-likeness (QED) is 0.896. The van der Waals surface area contributed by atoms with Crippen LogP contribution in [0.15, 0.2) is 18.2 Å². The molecule has 1 saturated carbocycles. The van der Waals surface area contributed by atoms with Crippen molar-refractivity contribution in [1.82, 2.24) is 5.32 Å². The van der Waals surface area contributed by atoms with Gasteiger partial charge in [-0.1, -0.05) is 18.9 Å². The maximum atomic E-state index is 12.0. The lowest BCUT2D eigenvalue weighted by Crippen LogP contribution is -2.34. The molecule has 1 aromatic carbocycles. The monoisotopic (exact) mass is 288 g/mol. The van der Waals surface area contributed by atoms with Gasteiger partial charge in [-0.3, -0.25) is 9.59 Å². The van der Waals surface area contributed by atoms with Crippen molar-refractivity contribution in [1.29, 1.82) is 0 Å². The smallest absolute Gasteiger partial charge is 0.265 e. The van der Waals surface area contributed by atoms with Crippen LogP contribution in [0, 0.1) is 5.92 Å². The lowest BCUT2D eigenvalue weighted by molar-refractivity contribution is -0.125. The summed E-state index contributed by atoms with van der Waals surface area (Å²) in [5, 5.41) is 5.79. The van der Waals surface area contributed by atoms with Crippen LogP contribution in [0.25, 0.3) is 0 Å². The summed E-state index contributed by atoms with van der Waals surface area (Å²) >= 11 is 0. The van der Waals surface area contributed by atoms with E-state index in [1.165, 1.54) is 0 Å². The average Bonchev–Trinajstić information content (AvgIpc) is 3.00. The molecule has 112 valence electrons. The van der Waals surface area contributed by atoms with Crippen LogP contribution >= 0.6 is 0 Å². The average molecular weight is 288 g/mol. The SMILES string of the molecule is CC1Oc2ccc(CNC(=O)C3CCCC3)cc2NC1=O. The Morgan fingerprint density at radius 1 is 1.38 bits per heavy atom. The summed E-state index contributed by atoms with van der Waals surface area (Å²) in [5.74, 6) is 0.841. The minimum Gasteiger partial charge on any atom is -0.479 e. The first-order valence-corrected chi connectivity index (χ1v) is 7.51. The highest BCUT2D eigenvalue weighted by molar-refractivity contribution is 5.97. The summed E-state index contributed by atoms with van der Waals surface area (Å²) in [6.45, 7) is 2.20. The maximum absolute atomic E-state index is 12.0. The second kappa shape index (κ2) is 5.76. The van der Waals surface area contributed by atoms with Crippen LogP contribution in [0.3, 0.4) is 0 Å². The van der Waals surface area contributed by atoms with Gasteiger partial charge in [-0.25, -0.2) is 0 Å². The van der Waals surface area contributed by atoms with Crippen molar-refractivity contribution in [2.24, 2.45) is 5.92 Å². The second-order valence-corrected chi connectivity index (χ2v) is 5.78. The molecule has 0 bridgehead atoms. The van der Waals surface area contributed by atoms with Crippen LogP contribution in [0.2, 0.25) is 0 Å². The van der Waals surface area contributed by atoms with Crippen LogP contribution in [0.1, 0.15) is 38.2 Å². The third-order valence-electron chi connectivity index (χ3n) is 4.17. The summed E-state index contributed by atoms with van der Waals surface area (Å²) in [5.41, 5.74) is 1.63. The van der Waals surface area contributed by atoms with E-state index in [1.807, 2.05) is 18.2 Å². The van der Waals surface area contributed by atoms with Crippen molar-refractivity contribution in [2.75, 3.05) is 5.32 Å². The number of nitrogens with one attached hydrogen (secondary N) is 2. The van der Waals surface area contributed by atoms with Crippen molar-refractivity contribution < 1.29 is 14.3 Å². The molecule has 0 spiro atoms. The molecule has 1 atom stereocenters. The standard InChI is InChI=1S/C16H20N2O3/c1-10-15(19)18-13-8-11(6-7-14(13)21-10)9-17-16(20)12-4-2-3-5-12/h6-8,10,12H,2-5,9H2,1H3,(H,17,20)(H,18,19). The van der Waals surface area contributed by atoms with Gasteiger partial charge in [0.25, 0.3) is 5.91 Å². The minimum absolute atomic E-state index is 0.138. The molecule has 2 aliphatic rings. The Morgan fingerprint density at radius 3 is 2.90 bits per heavy atom. The first kappa shape index (κ1) is 13.9. The van der Waals surface area contributed by atoms with Crippen molar-refractivity contribution >= 4 is 17.5 Å². The number of carbonyl (C=O) groups excluding carboxylic acids is 2. The molecule has 1 heterocycles. The van der Waals surface area contributed by atoms with Gasteiger partial charge >= 0.3 is 0 Å². The first-order chi connectivity index (χ1) is 10.1. The van der Waals surface area contributed by atoms with Gasteiger partial charge in [-0.05, 0) is 37.5 Å². The van der Waals surface area contributed by atoms with E-state index in [4.69, 9.17) is 4.74 Å². The number of carbonyl (C=O) groups is 2. The fraction of sp³-hybridized carbons (Fsp3) is 0.500. The van der Waals surface area contributed by atoms with E-state index in [2.05, 4.69) is 10.6 Å². The van der Waals surface area contributed by atoms with Gasteiger partial charge in [-0.15, -0.1) is 0 Å². The highest BCUT2D eigenvalue weighted by atomic mass is 16.5. The number of benzene rings is 1. The Kier molecular flexibility index (Phi) is 3.82. The lowest BCUT2D eigenvalue weighted by atomic mass is 10.1. The van der Waals surface area contributed by atoms with Gasteiger partial charge in [0.05, 0.1) is 5.69 Å². The van der Waals surface area contributed by atoms with E-state index in [9.17, 15) is 9.59 Å². The molecule has 5 nitrogen and oxygen atoms in total. The molecular formula is C16H20N2O3. The van der Waals surface area contributed by atoms with E-state index in [0.717, 1.165) is 31.2 Å². The van der Waals surface area contributed by atoms with Gasteiger partial charge in [0.2, 0.25) is 5.91 Å². The Bertz CT molecular complexity index is 565. The molecular weight excluding hydrogens is 268 g/mol. The molecule has 5 heteroatoms. The van der Waals surface area contributed by atoms with Crippen molar-refractivity contribution in [3.05, 3.63) is 23.8 Å². The van der Waals surface area contributed by atoms with E-state index in [-0.39, 0.29) is 17.7 Å². The molecule has 1 aliphatic carbocycles. The third kappa shape index (κ3) is 3.01. The molecule has 1 unspecified atom stereocenters. The molecule has 0 aromatic heterocycles. The summed E-state index contributed by atoms with van der Waals surface area (Å²) in [6, 6.07) is 5.61. The fourth-order valence-electron chi connectivity index (χ4n) is 2.89. The van der Waals surface area contributed by atoms with E-state index >= 15 is 0 Å². The molecule has 0 radical (unpaired) electrons. The van der Waals surface area contributed by atoms with E-state index in [0.29, 0.717) is 18.0 Å². The maximum Gasteiger partial charge on any atom is 0.265 e. The summed E-state index contributed by atoms with van der Waals surface area (Å²) in [4.78, 5) is 23.6. The molecule has 2 N–H and O–H groups in total. The van der Waals surface area contributed by atoms with Gasteiger partial charge in [-0.2, -0.15) is 0 Å². The predicted molar refractivity (Wildman–Crippen MR) is 79.0 cm³/mol. The molecule has 1 fully saturated rings. The van der Waals surface area contributed by atoms with E-state index < -0.39 is 6.10 Å². The fourth-order valence-corrected chi connectivity index (χ4v) is 2.89. The predicted octanol–water partition coefficient (Wildman–Crippen LogP) is 2.21. The van der Waals surface area contributed by atoms with E-state index in [1.54, 1.807) is 6.92 Å². The zero-order chi connectivity index (χ0) is 14.8. The molecule has 3 rings (SSSR count). The van der Waals surface area contributed by atoms with Gasteiger partial charge in [0.15, 0.2) is 6.10 Å². The third-order valence-corrected chi connectivity index (χ3v) is 4.17. The minimum atomic E-state index is -0.467. The number of amides is 2. The number of fused-ring (bicyclic) bond motifs is 1. The Labute approximate surface area is 124 Å². The van der Waals surface area contributed by atoms with Crippen LogP contribution in [-0.4, -0.2) is 17.9 Å². The van der Waals surface area contributed by atoms with Crippen LogP contribution in [0.5, 0.6) is 5.75 Å². The normalized spacial score (nSPS) is 21.4. The molecule has 21 heavy (non-hydrogen) atoms. The zero-order valence-electron chi connectivity index (χ0n) is 12.1. The van der Waals surface area contributed by atoms with Crippen LogP contribution < -0.4 is 15.4 Å². The molecule has 0 saturated heterocycles. The molecule has 1 aromatic rings. The number of ether oxygens (including phenoxy) is 1. The number of hydrogen-bond acceptors (Lipinski definition) is 3. The Morgan fingerprint density at radius 2 is 2.14 bits per heavy atom. The summed E-state index contributed by atoms with van der Waals surface area (Å²) in [7, 11) is 0. The van der Waals surface area contributed by atoms with Gasteiger partial charge in [0.1, 0.15) is 5.75 Å². The summed E-state index contributed by atoms with van der Waals surface area (Å²) in [6.07, 6.45) is 3.83. The number of anilines is 1. The number of rotatable bonds is 3. The summed E-state index contributed by atoms with van der Waals surface area (Å²) < 4.78 is 5.51. The van der Waals surface area contributed by atoms with Crippen molar-refractivity contribution in [3.63, 3.8) is 0 Å². The van der Waals surface area contributed by atoms with Crippen molar-refractivity contribution in [3.8, 4) is 5.75 Å². The Hall–Kier alpha value is -2.04. The molecule has 1 aliphatic heterocycles. The van der Waals surface area contributed by atoms with Gasteiger partial charge < -0.3 is 15.4 Å². The second-order valence-electron chi connectivity index (χ2n) is 5.78. The van der Waals surface area contributed by atoms with Crippen LogP contribution in [-0.2, 0) is 16.1 Å². The Balaban J connectivity index is 1.63. The molecule has 2 amide bonds. The van der Waals surface area contributed by atoms with Crippen molar-refractivity contribution in [2.45, 2.75) is 45.3 Å². The largest absolute Gasteiger partial charge is 0.479 e. The number of hydrogen-bond donors (Lipinski definition) is 2. The zero-order valence-corrected chi connectivity index (χ0v) is 12.1. The highest BCUT2D eigenvalue weighted by Gasteiger charge is 2.24. The lowest BCUT2D eigenvalue weighted by Gasteiger charge is -2.23.